The maximum absolute atomic E-state index is 13.9. The van der Waals surface area contributed by atoms with Gasteiger partial charge in [-0.15, -0.1) is 0 Å². The van der Waals surface area contributed by atoms with Gasteiger partial charge in [0.1, 0.15) is 11.6 Å². The van der Waals surface area contributed by atoms with Gasteiger partial charge in [-0.3, -0.25) is 9.59 Å². The van der Waals surface area contributed by atoms with Crippen LogP contribution in [0.1, 0.15) is 43.0 Å². The Kier molecular flexibility index (Phi) is 6.99. The lowest BCUT2D eigenvalue weighted by molar-refractivity contribution is -0.138. The summed E-state index contributed by atoms with van der Waals surface area (Å²) in [5.74, 6) is -1.24. The summed E-state index contributed by atoms with van der Waals surface area (Å²) in [7, 11) is 0. The summed E-state index contributed by atoms with van der Waals surface area (Å²) in [6.07, 6.45) is 3.23. The summed E-state index contributed by atoms with van der Waals surface area (Å²) in [5.41, 5.74) is -0.117. The molecule has 7 heteroatoms. The zero-order chi connectivity index (χ0) is 20.1. The zero-order valence-electron chi connectivity index (χ0n) is 16.4. The molecule has 1 aromatic rings. The number of benzene rings is 1. The molecular weight excluding hydrogens is 364 g/mol. The van der Waals surface area contributed by atoms with Crippen molar-refractivity contribution in [2.75, 3.05) is 39.3 Å². The summed E-state index contributed by atoms with van der Waals surface area (Å²) in [6.45, 7) is 6.52. The number of nitrogens with zero attached hydrogens (tertiary/aromatic N) is 2. The molecule has 1 N–H and O–H groups in total. The number of likely N-dealkylation sites (tertiary alicyclic amines) is 2. The maximum atomic E-state index is 13.9. The van der Waals surface area contributed by atoms with Crippen LogP contribution in [0.3, 0.4) is 0 Å². The SMILES string of the molecule is CCNCC1CCN(C(=O)C2CCN(C(=O)c3ccc(F)cc3F)CC2)CC1. The van der Waals surface area contributed by atoms with Crippen LogP contribution in [0.2, 0.25) is 0 Å². The Hall–Kier alpha value is -2.02. The van der Waals surface area contributed by atoms with Crippen LogP contribution in [0, 0.1) is 23.5 Å². The molecule has 0 saturated carbocycles. The third kappa shape index (κ3) is 4.87. The molecule has 0 atom stereocenters. The summed E-state index contributed by atoms with van der Waals surface area (Å²) in [6, 6.07) is 3.00. The monoisotopic (exact) mass is 393 g/mol. The van der Waals surface area contributed by atoms with Crippen molar-refractivity contribution in [1.29, 1.82) is 0 Å². The van der Waals surface area contributed by atoms with Crippen molar-refractivity contribution in [1.82, 2.24) is 15.1 Å². The highest BCUT2D eigenvalue weighted by molar-refractivity contribution is 5.94. The molecule has 154 valence electrons. The van der Waals surface area contributed by atoms with Crippen molar-refractivity contribution >= 4 is 11.8 Å². The number of nitrogens with one attached hydrogen (secondary N) is 1. The predicted molar refractivity (Wildman–Crippen MR) is 103 cm³/mol. The topological polar surface area (TPSA) is 52.7 Å². The number of hydrogen-bond acceptors (Lipinski definition) is 3. The molecule has 28 heavy (non-hydrogen) atoms. The van der Waals surface area contributed by atoms with E-state index in [-0.39, 0.29) is 17.4 Å². The first-order valence-electron chi connectivity index (χ1n) is 10.2. The van der Waals surface area contributed by atoms with Crippen LogP contribution >= 0.6 is 0 Å². The van der Waals surface area contributed by atoms with E-state index in [1.54, 1.807) is 4.90 Å². The van der Waals surface area contributed by atoms with Crippen molar-refractivity contribution in [3.8, 4) is 0 Å². The number of rotatable bonds is 5. The Morgan fingerprint density at radius 1 is 1.04 bits per heavy atom. The van der Waals surface area contributed by atoms with E-state index < -0.39 is 17.5 Å². The number of carbonyl (C=O) groups excluding carboxylic acids is 2. The average molecular weight is 393 g/mol. The number of piperidine rings is 2. The van der Waals surface area contributed by atoms with Crippen LogP contribution in [0.4, 0.5) is 8.78 Å². The second-order valence-electron chi connectivity index (χ2n) is 7.77. The van der Waals surface area contributed by atoms with Gasteiger partial charge in [0.2, 0.25) is 5.91 Å². The minimum Gasteiger partial charge on any atom is -0.342 e. The minimum absolute atomic E-state index is 0.0765. The molecular formula is C21H29F2N3O2. The highest BCUT2D eigenvalue weighted by Crippen LogP contribution is 2.25. The summed E-state index contributed by atoms with van der Waals surface area (Å²) >= 11 is 0. The smallest absolute Gasteiger partial charge is 0.256 e. The van der Waals surface area contributed by atoms with Crippen molar-refractivity contribution in [3.63, 3.8) is 0 Å². The molecule has 0 unspecified atom stereocenters. The number of hydrogen-bond donors (Lipinski definition) is 1. The Bertz CT molecular complexity index is 697. The summed E-state index contributed by atoms with van der Waals surface area (Å²) in [4.78, 5) is 28.8. The standard InChI is InChI=1S/C21H29F2N3O2/c1-2-24-14-15-5-9-25(10-6-15)20(27)16-7-11-26(12-8-16)21(28)18-4-3-17(22)13-19(18)23/h3-4,13,15-16,24H,2,5-12,14H2,1H3. The van der Waals surface area contributed by atoms with E-state index >= 15 is 0 Å². The van der Waals surface area contributed by atoms with E-state index in [0.717, 1.165) is 51.2 Å². The van der Waals surface area contributed by atoms with E-state index in [4.69, 9.17) is 0 Å². The molecule has 0 bridgehead atoms. The Balaban J connectivity index is 1.48. The fourth-order valence-corrected chi connectivity index (χ4v) is 4.13. The highest BCUT2D eigenvalue weighted by atomic mass is 19.1. The molecule has 1 aromatic carbocycles. The maximum Gasteiger partial charge on any atom is 0.256 e. The summed E-state index contributed by atoms with van der Waals surface area (Å²) < 4.78 is 26.9. The molecule has 2 aliphatic rings. The molecule has 2 aliphatic heterocycles. The molecule has 2 heterocycles. The fourth-order valence-electron chi connectivity index (χ4n) is 4.13. The molecule has 0 radical (unpaired) electrons. The van der Waals surface area contributed by atoms with Gasteiger partial charge in [-0.05, 0) is 56.8 Å². The van der Waals surface area contributed by atoms with Gasteiger partial charge in [0.05, 0.1) is 5.56 Å². The van der Waals surface area contributed by atoms with Crippen LogP contribution < -0.4 is 5.32 Å². The van der Waals surface area contributed by atoms with Gasteiger partial charge in [0.15, 0.2) is 0 Å². The molecule has 0 aliphatic carbocycles. The van der Waals surface area contributed by atoms with E-state index in [9.17, 15) is 18.4 Å². The molecule has 0 aromatic heterocycles. The van der Waals surface area contributed by atoms with Crippen LogP contribution in [-0.2, 0) is 4.79 Å². The van der Waals surface area contributed by atoms with Crippen molar-refractivity contribution in [2.24, 2.45) is 11.8 Å². The second kappa shape index (κ2) is 9.45. The first kappa shape index (κ1) is 20.7. The van der Waals surface area contributed by atoms with Gasteiger partial charge >= 0.3 is 0 Å². The zero-order valence-corrected chi connectivity index (χ0v) is 16.4. The lowest BCUT2D eigenvalue weighted by Crippen LogP contribution is -2.47. The molecule has 2 saturated heterocycles. The minimum atomic E-state index is -0.844. The molecule has 5 nitrogen and oxygen atoms in total. The van der Waals surface area contributed by atoms with Crippen LogP contribution in [-0.4, -0.2) is 60.9 Å². The van der Waals surface area contributed by atoms with Gasteiger partial charge in [-0.25, -0.2) is 8.78 Å². The first-order chi connectivity index (χ1) is 13.5. The number of carbonyl (C=O) groups is 2. The van der Waals surface area contributed by atoms with E-state index in [2.05, 4.69) is 12.2 Å². The molecule has 2 fully saturated rings. The Labute approximate surface area is 165 Å². The lowest BCUT2D eigenvalue weighted by Gasteiger charge is -2.37. The van der Waals surface area contributed by atoms with Gasteiger partial charge < -0.3 is 15.1 Å². The van der Waals surface area contributed by atoms with Gasteiger partial charge in [-0.1, -0.05) is 6.92 Å². The van der Waals surface area contributed by atoms with E-state index in [0.29, 0.717) is 31.8 Å². The van der Waals surface area contributed by atoms with Gasteiger partial charge in [0.25, 0.3) is 5.91 Å². The number of halogens is 2. The van der Waals surface area contributed by atoms with Crippen LogP contribution in [0.5, 0.6) is 0 Å². The van der Waals surface area contributed by atoms with E-state index in [1.807, 2.05) is 4.90 Å². The molecule has 2 amide bonds. The quantitative estimate of drug-likeness (QED) is 0.837. The van der Waals surface area contributed by atoms with Gasteiger partial charge in [-0.2, -0.15) is 0 Å². The van der Waals surface area contributed by atoms with Crippen LogP contribution in [0.25, 0.3) is 0 Å². The van der Waals surface area contributed by atoms with Crippen LogP contribution in [0.15, 0.2) is 18.2 Å². The third-order valence-electron chi connectivity index (χ3n) is 5.90. The summed E-state index contributed by atoms with van der Waals surface area (Å²) in [5, 5.41) is 3.37. The normalized spacial score (nSPS) is 19.1. The fraction of sp³-hybridized carbons (Fsp3) is 0.619. The Morgan fingerprint density at radius 3 is 2.29 bits per heavy atom. The van der Waals surface area contributed by atoms with Gasteiger partial charge in [0, 0.05) is 38.2 Å². The third-order valence-corrected chi connectivity index (χ3v) is 5.90. The lowest BCUT2D eigenvalue weighted by atomic mass is 9.91. The van der Waals surface area contributed by atoms with Crippen molar-refractivity contribution < 1.29 is 18.4 Å². The molecule has 3 rings (SSSR count). The predicted octanol–water partition coefficient (Wildman–Crippen LogP) is 2.67. The average Bonchev–Trinajstić information content (AvgIpc) is 2.72. The van der Waals surface area contributed by atoms with Crippen molar-refractivity contribution in [3.05, 3.63) is 35.4 Å². The second-order valence-corrected chi connectivity index (χ2v) is 7.77. The first-order valence-corrected chi connectivity index (χ1v) is 10.2. The van der Waals surface area contributed by atoms with E-state index in [1.165, 1.54) is 6.07 Å². The molecule has 0 spiro atoms. The van der Waals surface area contributed by atoms with Crippen molar-refractivity contribution in [2.45, 2.75) is 32.6 Å². The largest absolute Gasteiger partial charge is 0.342 e. The highest BCUT2D eigenvalue weighted by Gasteiger charge is 2.32. The Morgan fingerprint density at radius 2 is 1.68 bits per heavy atom. The number of amides is 2.